The van der Waals surface area contributed by atoms with Crippen molar-refractivity contribution in [2.45, 2.75) is 0 Å². The fourth-order valence-corrected chi connectivity index (χ4v) is 0.536. The lowest BCUT2D eigenvalue weighted by Crippen LogP contribution is -2.09. The second kappa shape index (κ2) is 2.60. The second-order valence-electron chi connectivity index (χ2n) is 2.10. The Hall–Kier alpha value is -1.19. The van der Waals surface area contributed by atoms with Gasteiger partial charge in [0.1, 0.15) is 0 Å². The molecule has 0 radical (unpaired) electrons. The van der Waals surface area contributed by atoms with E-state index in [2.05, 4.69) is 9.97 Å². The molecule has 0 aliphatic carbocycles. The molecule has 0 unspecified atom stereocenters. The highest BCUT2D eigenvalue weighted by Gasteiger charge is 1.95. The summed E-state index contributed by atoms with van der Waals surface area (Å²) in [5, 5.41) is 0. The van der Waals surface area contributed by atoms with Crippen molar-refractivity contribution in [1.82, 2.24) is 9.97 Å². The maximum Gasteiger partial charge on any atom is 0.308 e. The highest BCUT2D eigenvalue weighted by atomic mass is 19.1. The minimum Gasteiger partial charge on any atom is -0.375 e. The van der Waals surface area contributed by atoms with Crippen molar-refractivity contribution in [2.24, 2.45) is 0 Å². The molecule has 0 saturated carbocycles. The SMILES string of the molecule is CN(C)c1cnc(F)nc1. The summed E-state index contributed by atoms with van der Waals surface area (Å²) in [6, 6.07) is 0. The molecule has 1 heterocycles. The maximum absolute atomic E-state index is 12.1. The standard InChI is InChI=1S/C6H8FN3/c1-10(2)5-3-8-6(7)9-4-5/h3-4H,1-2H3. The van der Waals surface area contributed by atoms with E-state index in [4.69, 9.17) is 0 Å². The molecule has 4 heteroatoms. The van der Waals surface area contributed by atoms with Gasteiger partial charge in [0.15, 0.2) is 0 Å². The highest BCUT2D eigenvalue weighted by molar-refractivity contribution is 5.38. The van der Waals surface area contributed by atoms with Crippen LogP contribution in [0.15, 0.2) is 12.4 Å². The first-order chi connectivity index (χ1) is 4.70. The number of hydrogen-bond donors (Lipinski definition) is 0. The number of rotatable bonds is 1. The third-order valence-electron chi connectivity index (χ3n) is 1.12. The van der Waals surface area contributed by atoms with Crippen LogP contribution in [0.2, 0.25) is 0 Å². The molecule has 1 aromatic heterocycles. The molecule has 0 atom stereocenters. The molecular formula is C6H8FN3. The molecule has 1 aromatic rings. The summed E-state index contributed by atoms with van der Waals surface area (Å²) in [4.78, 5) is 8.57. The Bertz CT molecular complexity index is 207. The van der Waals surface area contributed by atoms with Crippen LogP contribution >= 0.6 is 0 Å². The van der Waals surface area contributed by atoms with Crippen LogP contribution in [-0.2, 0) is 0 Å². The zero-order valence-corrected chi connectivity index (χ0v) is 5.87. The van der Waals surface area contributed by atoms with Crippen LogP contribution < -0.4 is 4.90 Å². The first-order valence-electron chi connectivity index (χ1n) is 2.85. The molecule has 3 nitrogen and oxygen atoms in total. The number of anilines is 1. The van der Waals surface area contributed by atoms with Gasteiger partial charge in [-0.2, -0.15) is 4.39 Å². The summed E-state index contributed by atoms with van der Waals surface area (Å²) >= 11 is 0. The van der Waals surface area contributed by atoms with E-state index in [1.165, 1.54) is 12.4 Å². The van der Waals surface area contributed by atoms with Gasteiger partial charge in [-0.1, -0.05) is 0 Å². The molecule has 0 saturated heterocycles. The number of hydrogen-bond acceptors (Lipinski definition) is 3. The average molecular weight is 141 g/mol. The first kappa shape index (κ1) is 6.92. The van der Waals surface area contributed by atoms with Crippen molar-refractivity contribution >= 4 is 5.69 Å². The third-order valence-corrected chi connectivity index (χ3v) is 1.12. The monoisotopic (exact) mass is 141 g/mol. The van der Waals surface area contributed by atoms with Crippen molar-refractivity contribution in [3.05, 3.63) is 18.5 Å². The van der Waals surface area contributed by atoms with Crippen molar-refractivity contribution in [2.75, 3.05) is 19.0 Å². The van der Waals surface area contributed by atoms with Crippen molar-refractivity contribution < 1.29 is 4.39 Å². The fraction of sp³-hybridized carbons (Fsp3) is 0.333. The van der Waals surface area contributed by atoms with Crippen LogP contribution in [0, 0.1) is 6.08 Å². The van der Waals surface area contributed by atoms with E-state index in [1.807, 2.05) is 14.1 Å². The minimum absolute atomic E-state index is 0.689. The molecule has 54 valence electrons. The second-order valence-corrected chi connectivity index (χ2v) is 2.10. The zero-order valence-electron chi connectivity index (χ0n) is 5.87. The smallest absolute Gasteiger partial charge is 0.308 e. The van der Waals surface area contributed by atoms with Gasteiger partial charge in [0.05, 0.1) is 18.1 Å². The third kappa shape index (κ3) is 1.40. The minimum atomic E-state index is -0.689. The van der Waals surface area contributed by atoms with Gasteiger partial charge in [-0.3, -0.25) is 0 Å². The number of halogens is 1. The van der Waals surface area contributed by atoms with Gasteiger partial charge in [-0.15, -0.1) is 0 Å². The predicted molar refractivity (Wildman–Crippen MR) is 36.3 cm³/mol. The van der Waals surface area contributed by atoms with Gasteiger partial charge in [-0.25, -0.2) is 9.97 Å². The number of aromatic nitrogens is 2. The molecule has 0 amide bonds. The van der Waals surface area contributed by atoms with E-state index < -0.39 is 6.08 Å². The Labute approximate surface area is 58.5 Å². The van der Waals surface area contributed by atoms with E-state index in [1.54, 1.807) is 4.90 Å². The van der Waals surface area contributed by atoms with Crippen LogP contribution in [0.3, 0.4) is 0 Å². The summed E-state index contributed by atoms with van der Waals surface area (Å²) < 4.78 is 12.1. The maximum atomic E-state index is 12.1. The zero-order chi connectivity index (χ0) is 7.56. The van der Waals surface area contributed by atoms with E-state index in [0.29, 0.717) is 0 Å². The molecule has 0 spiro atoms. The lowest BCUT2D eigenvalue weighted by molar-refractivity contribution is 0.538. The molecule has 0 aliphatic rings. The summed E-state index contributed by atoms with van der Waals surface area (Å²) in [5.74, 6) is 0. The molecule has 0 aliphatic heterocycles. The lowest BCUT2D eigenvalue weighted by Gasteiger charge is -2.09. The molecule has 1 rings (SSSR count). The predicted octanol–water partition coefficient (Wildman–Crippen LogP) is 0.682. The van der Waals surface area contributed by atoms with Gasteiger partial charge >= 0.3 is 6.08 Å². The summed E-state index contributed by atoms with van der Waals surface area (Å²) in [6.45, 7) is 0. The van der Waals surface area contributed by atoms with Gasteiger partial charge in [0.2, 0.25) is 0 Å². The van der Waals surface area contributed by atoms with Crippen LogP contribution in [0.4, 0.5) is 10.1 Å². The van der Waals surface area contributed by atoms with Gasteiger partial charge in [-0.05, 0) is 0 Å². The van der Waals surface area contributed by atoms with Gasteiger partial charge < -0.3 is 4.90 Å². The van der Waals surface area contributed by atoms with Gasteiger partial charge in [0.25, 0.3) is 0 Å². The van der Waals surface area contributed by atoms with Gasteiger partial charge in [0, 0.05) is 14.1 Å². The molecule has 0 N–H and O–H groups in total. The van der Waals surface area contributed by atoms with E-state index in [-0.39, 0.29) is 0 Å². The van der Waals surface area contributed by atoms with E-state index in [9.17, 15) is 4.39 Å². The molecule has 0 aromatic carbocycles. The topological polar surface area (TPSA) is 29.0 Å². The Kier molecular flexibility index (Phi) is 1.80. The van der Waals surface area contributed by atoms with Crippen LogP contribution in [0.25, 0.3) is 0 Å². The summed E-state index contributed by atoms with van der Waals surface area (Å²) in [7, 11) is 3.69. The summed E-state index contributed by atoms with van der Waals surface area (Å²) in [5.41, 5.74) is 0.793. The Balaban J connectivity index is 2.89. The average Bonchev–Trinajstić information content (AvgIpc) is 1.88. The summed E-state index contributed by atoms with van der Waals surface area (Å²) in [6.07, 6.45) is 2.18. The van der Waals surface area contributed by atoms with Crippen LogP contribution in [0.1, 0.15) is 0 Å². The molecule has 10 heavy (non-hydrogen) atoms. The van der Waals surface area contributed by atoms with E-state index in [0.717, 1.165) is 5.69 Å². The molecule has 0 fully saturated rings. The van der Waals surface area contributed by atoms with Crippen molar-refractivity contribution in [3.63, 3.8) is 0 Å². The van der Waals surface area contributed by atoms with Crippen molar-refractivity contribution in [1.29, 1.82) is 0 Å². The lowest BCUT2D eigenvalue weighted by atomic mass is 10.5. The van der Waals surface area contributed by atoms with Crippen LogP contribution in [-0.4, -0.2) is 24.1 Å². The normalized spacial score (nSPS) is 9.50. The molecular weight excluding hydrogens is 133 g/mol. The largest absolute Gasteiger partial charge is 0.375 e. The Morgan fingerprint density at radius 3 is 2.20 bits per heavy atom. The Morgan fingerprint density at radius 2 is 1.80 bits per heavy atom. The van der Waals surface area contributed by atoms with Crippen LogP contribution in [0.5, 0.6) is 0 Å². The molecule has 0 bridgehead atoms. The highest BCUT2D eigenvalue weighted by Crippen LogP contribution is 2.04. The van der Waals surface area contributed by atoms with Crippen molar-refractivity contribution in [3.8, 4) is 0 Å². The quantitative estimate of drug-likeness (QED) is 0.538. The van der Waals surface area contributed by atoms with E-state index >= 15 is 0 Å². The number of nitrogens with zero attached hydrogens (tertiary/aromatic N) is 3. The first-order valence-corrected chi connectivity index (χ1v) is 2.85. The Morgan fingerprint density at radius 1 is 1.30 bits per heavy atom. The fourth-order valence-electron chi connectivity index (χ4n) is 0.536.